The van der Waals surface area contributed by atoms with Crippen molar-refractivity contribution >= 4 is 39.1 Å². The molecule has 0 aliphatic heterocycles. The van der Waals surface area contributed by atoms with Crippen LogP contribution in [0.4, 0.5) is 10.1 Å². The van der Waals surface area contributed by atoms with Gasteiger partial charge in [0.05, 0.1) is 11.9 Å². The molecule has 7 nitrogen and oxygen atoms in total. The maximum absolute atomic E-state index is 14.3. The number of para-hydroxylation sites is 1. The number of hydrogen-bond donors (Lipinski definition) is 1. The fraction of sp³-hybridized carbons (Fsp3) is 0.364. The summed E-state index contributed by atoms with van der Waals surface area (Å²) in [4.78, 5) is 27.1. The first kappa shape index (κ1) is 25.6. The Morgan fingerprint density at radius 3 is 2.31 bits per heavy atom. The molecule has 1 N–H and O–H groups in total. The van der Waals surface area contributed by atoms with E-state index < -0.39 is 34.3 Å². The fourth-order valence-electron chi connectivity index (χ4n) is 3.01. The van der Waals surface area contributed by atoms with E-state index in [9.17, 15) is 22.4 Å². The van der Waals surface area contributed by atoms with Crippen LogP contribution in [0.15, 0.2) is 48.5 Å². The molecule has 0 aliphatic rings. The second-order valence-corrected chi connectivity index (χ2v) is 9.68. The summed E-state index contributed by atoms with van der Waals surface area (Å²) in [6.45, 7) is 3.30. The first-order chi connectivity index (χ1) is 15.0. The van der Waals surface area contributed by atoms with Gasteiger partial charge in [-0.1, -0.05) is 42.8 Å². The zero-order chi connectivity index (χ0) is 23.9. The van der Waals surface area contributed by atoms with Gasteiger partial charge in [-0.15, -0.1) is 0 Å². The van der Waals surface area contributed by atoms with E-state index in [0.717, 1.165) is 18.7 Å². The average Bonchev–Trinajstić information content (AvgIpc) is 2.74. The highest BCUT2D eigenvalue weighted by Crippen LogP contribution is 2.22. The first-order valence-corrected chi connectivity index (χ1v) is 12.3. The van der Waals surface area contributed by atoms with Crippen molar-refractivity contribution in [2.45, 2.75) is 32.9 Å². The normalized spacial score (nSPS) is 12.2. The smallest absolute Gasteiger partial charge is 0.244 e. The highest BCUT2D eigenvalue weighted by Gasteiger charge is 2.30. The second-order valence-electron chi connectivity index (χ2n) is 7.34. The Kier molecular flexibility index (Phi) is 9.03. The molecule has 2 rings (SSSR count). The maximum Gasteiger partial charge on any atom is 0.244 e. The van der Waals surface area contributed by atoms with E-state index in [-0.39, 0.29) is 18.1 Å². The Morgan fingerprint density at radius 2 is 1.75 bits per heavy atom. The van der Waals surface area contributed by atoms with E-state index >= 15 is 0 Å². The quantitative estimate of drug-likeness (QED) is 0.562. The van der Waals surface area contributed by atoms with Gasteiger partial charge in [0.15, 0.2) is 0 Å². The molecule has 0 bridgehead atoms. The number of sulfonamides is 1. The van der Waals surface area contributed by atoms with E-state index in [1.54, 1.807) is 31.2 Å². The van der Waals surface area contributed by atoms with Gasteiger partial charge >= 0.3 is 0 Å². The molecule has 0 radical (unpaired) electrons. The van der Waals surface area contributed by atoms with Gasteiger partial charge in [-0.2, -0.15) is 0 Å². The first-order valence-electron chi connectivity index (χ1n) is 10.1. The molecule has 10 heteroatoms. The summed E-state index contributed by atoms with van der Waals surface area (Å²) >= 11 is 5.93. The third-order valence-electron chi connectivity index (χ3n) is 4.78. The molecule has 0 aromatic heterocycles. The lowest BCUT2D eigenvalue weighted by atomic mass is 10.1. The Labute approximate surface area is 193 Å². The second kappa shape index (κ2) is 11.3. The minimum Gasteiger partial charge on any atom is -0.354 e. The van der Waals surface area contributed by atoms with E-state index in [1.807, 2.05) is 6.92 Å². The van der Waals surface area contributed by atoms with Crippen LogP contribution in [0.3, 0.4) is 0 Å². The number of nitrogens with one attached hydrogen (secondary N) is 1. The molecule has 1 unspecified atom stereocenters. The lowest BCUT2D eigenvalue weighted by molar-refractivity contribution is -0.139. The highest BCUT2D eigenvalue weighted by atomic mass is 35.5. The van der Waals surface area contributed by atoms with Gasteiger partial charge in [0.1, 0.15) is 18.4 Å². The molecular weight excluding hydrogens is 457 g/mol. The Hall–Kier alpha value is -2.65. The third-order valence-corrected chi connectivity index (χ3v) is 6.16. The summed E-state index contributed by atoms with van der Waals surface area (Å²) in [7, 11) is -3.98. The highest BCUT2D eigenvalue weighted by molar-refractivity contribution is 7.92. The van der Waals surface area contributed by atoms with E-state index in [0.29, 0.717) is 21.4 Å². The number of nitrogens with zero attached hydrogens (tertiary/aromatic N) is 2. The Balaban J connectivity index is 2.37. The van der Waals surface area contributed by atoms with Crippen LogP contribution in [0.2, 0.25) is 5.02 Å². The Morgan fingerprint density at radius 1 is 1.12 bits per heavy atom. The van der Waals surface area contributed by atoms with Crippen molar-refractivity contribution < 1.29 is 22.4 Å². The van der Waals surface area contributed by atoms with Crippen LogP contribution < -0.4 is 9.62 Å². The minimum absolute atomic E-state index is 0.0472. The van der Waals surface area contributed by atoms with Crippen molar-refractivity contribution in [2.75, 3.05) is 23.7 Å². The molecule has 0 heterocycles. The number of carbonyl (C=O) groups is 2. The van der Waals surface area contributed by atoms with Crippen molar-refractivity contribution in [3.05, 3.63) is 64.9 Å². The molecule has 0 fully saturated rings. The molecule has 2 aromatic rings. The summed E-state index contributed by atoms with van der Waals surface area (Å²) in [5.41, 5.74) is 0.465. The zero-order valence-corrected chi connectivity index (χ0v) is 19.8. The van der Waals surface area contributed by atoms with Gasteiger partial charge in [-0.3, -0.25) is 13.9 Å². The van der Waals surface area contributed by atoms with Gasteiger partial charge in [0.2, 0.25) is 21.8 Å². The number of rotatable bonds is 10. The van der Waals surface area contributed by atoms with Crippen LogP contribution in [0.5, 0.6) is 0 Å². The van der Waals surface area contributed by atoms with Crippen LogP contribution in [0, 0.1) is 5.82 Å². The summed E-state index contributed by atoms with van der Waals surface area (Å²) in [6.07, 6.45) is 1.62. The number of carbonyl (C=O) groups excluding carboxylic acids is 2. The van der Waals surface area contributed by atoms with Gasteiger partial charge < -0.3 is 10.2 Å². The van der Waals surface area contributed by atoms with Crippen LogP contribution in [-0.4, -0.2) is 50.5 Å². The van der Waals surface area contributed by atoms with Crippen molar-refractivity contribution in [3.8, 4) is 0 Å². The van der Waals surface area contributed by atoms with Gasteiger partial charge in [0, 0.05) is 18.1 Å². The predicted molar refractivity (Wildman–Crippen MR) is 123 cm³/mol. The minimum atomic E-state index is -3.98. The summed E-state index contributed by atoms with van der Waals surface area (Å²) in [6, 6.07) is 11.2. The number of amides is 2. The van der Waals surface area contributed by atoms with Gasteiger partial charge in [-0.25, -0.2) is 12.8 Å². The summed E-state index contributed by atoms with van der Waals surface area (Å²) in [5, 5.41) is 3.26. The number of hydrogen-bond acceptors (Lipinski definition) is 4. The fourth-order valence-corrected chi connectivity index (χ4v) is 3.99. The van der Waals surface area contributed by atoms with Crippen LogP contribution in [0.1, 0.15) is 25.8 Å². The van der Waals surface area contributed by atoms with Crippen LogP contribution in [-0.2, 0) is 26.2 Å². The lowest BCUT2D eigenvalue weighted by Crippen LogP contribution is -2.51. The monoisotopic (exact) mass is 483 g/mol. The standard InChI is InChI=1S/C22H27ClFN3O4S/c1-4-13-25-22(29)16(2)26(14-17-9-11-18(23)12-10-17)21(28)15-27(32(3,30)31)20-8-6-5-7-19(20)24/h5-12,16H,4,13-15H2,1-3H3,(H,25,29). The average molecular weight is 484 g/mol. The molecule has 0 spiro atoms. The molecule has 0 saturated heterocycles. The number of benzene rings is 2. The van der Waals surface area contributed by atoms with Crippen LogP contribution >= 0.6 is 11.6 Å². The lowest BCUT2D eigenvalue weighted by Gasteiger charge is -2.31. The predicted octanol–water partition coefficient (Wildman–Crippen LogP) is 3.19. The SMILES string of the molecule is CCCNC(=O)C(C)N(Cc1ccc(Cl)cc1)C(=O)CN(c1ccccc1F)S(C)(=O)=O. The third kappa shape index (κ3) is 6.93. The zero-order valence-electron chi connectivity index (χ0n) is 18.2. The van der Waals surface area contributed by atoms with Crippen molar-refractivity contribution in [2.24, 2.45) is 0 Å². The topological polar surface area (TPSA) is 86.8 Å². The van der Waals surface area contributed by atoms with Crippen LogP contribution in [0.25, 0.3) is 0 Å². The largest absolute Gasteiger partial charge is 0.354 e. The summed E-state index contributed by atoms with van der Waals surface area (Å²) in [5.74, 6) is -1.79. The van der Waals surface area contributed by atoms with Crippen molar-refractivity contribution in [3.63, 3.8) is 0 Å². The van der Waals surface area contributed by atoms with Crippen molar-refractivity contribution in [1.29, 1.82) is 0 Å². The maximum atomic E-state index is 14.3. The van der Waals surface area contributed by atoms with E-state index in [2.05, 4.69) is 5.32 Å². The molecule has 0 saturated carbocycles. The summed E-state index contributed by atoms with van der Waals surface area (Å²) < 4.78 is 39.8. The van der Waals surface area contributed by atoms with E-state index in [4.69, 9.17) is 11.6 Å². The Bertz CT molecular complexity index is 1050. The molecule has 32 heavy (non-hydrogen) atoms. The van der Waals surface area contributed by atoms with Gasteiger partial charge in [-0.05, 0) is 43.2 Å². The van der Waals surface area contributed by atoms with E-state index in [1.165, 1.54) is 23.1 Å². The molecular formula is C22H27ClFN3O4S. The van der Waals surface area contributed by atoms with Gasteiger partial charge in [0.25, 0.3) is 0 Å². The van der Waals surface area contributed by atoms with Crippen molar-refractivity contribution in [1.82, 2.24) is 10.2 Å². The molecule has 0 aliphatic carbocycles. The molecule has 1 atom stereocenters. The molecule has 2 aromatic carbocycles. The number of halogens is 2. The molecule has 2 amide bonds. The molecule has 174 valence electrons. The number of anilines is 1.